The van der Waals surface area contributed by atoms with Crippen molar-refractivity contribution in [2.24, 2.45) is 11.3 Å². The molecule has 0 bridgehead atoms. The van der Waals surface area contributed by atoms with Gasteiger partial charge in [0.05, 0.1) is 0 Å². The minimum absolute atomic E-state index is 0.0716. The second kappa shape index (κ2) is 7.35. The van der Waals surface area contributed by atoms with Crippen LogP contribution in [-0.2, 0) is 10.2 Å². The molecule has 0 radical (unpaired) electrons. The maximum atomic E-state index is 12.1. The Hall–Kier alpha value is -1.55. The summed E-state index contributed by atoms with van der Waals surface area (Å²) in [6.07, 6.45) is 0.880. The molecule has 0 aliphatic rings. The molecular formula is C19H32N2O2. The van der Waals surface area contributed by atoms with Crippen LogP contribution in [0.5, 0.6) is 5.75 Å². The number of benzene rings is 1. The summed E-state index contributed by atoms with van der Waals surface area (Å²) in [7, 11) is 3.65. The van der Waals surface area contributed by atoms with Gasteiger partial charge in [-0.25, -0.2) is 0 Å². The number of hydrogen-bond donors (Lipinski definition) is 3. The molecule has 0 aliphatic carbocycles. The van der Waals surface area contributed by atoms with E-state index in [1.807, 2.05) is 33.0 Å². The van der Waals surface area contributed by atoms with Crippen LogP contribution in [0.1, 0.15) is 46.6 Å². The lowest BCUT2D eigenvalue weighted by molar-refractivity contribution is -0.131. The average molecular weight is 320 g/mol. The number of phenolic OH excluding ortho intramolecular Hbond substituents is 1. The lowest BCUT2D eigenvalue weighted by atomic mass is 9.69. The van der Waals surface area contributed by atoms with Gasteiger partial charge in [0.25, 0.3) is 0 Å². The second-order valence-electron chi connectivity index (χ2n) is 7.55. The molecule has 1 aromatic carbocycles. The van der Waals surface area contributed by atoms with Crippen LogP contribution in [0.25, 0.3) is 0 Å². The van der Waals surface area contributed by atoms with E-state index in [4.69, 9.17) is 0 Å². The highest BCUT2D eigenvalue weighted by Crippen LogP contribution is 2.36. The quantitative estimate of drug-likeness (QED) is 0.723. The Morgan fingerprint density at radius 1 is 1.13 bits per heavy atom. The number of likely N-dealkylation sites (N-methyl/N-ethyl adjacent to an activating group) is 1. The molecule has 0 spiro atoms. The molecule has 1 aromatic rings. The first-order chi connectivity index (χ1) is 10.6. The van der Waals surface area contributed by atoms with Crippen LogP contribution in [0.4, 0.5) is 0 Å². The van der Waals surface area contributed by atoms with E-state index in [0.717, 1.165) is 6.42 Å². The largest absolute Gasteiger partial charge is 0.508 e. The highest BCUT2D eigenvalue weighted by atomic mass is 16.3. The van der Waals surface area contributed by atoms with Gasteiger partial charge in [0.15, 0.2) is 0 Å². The smallest absolute Gasteiger partial charge is 0.225 e. The number of rotatable bonds is 7. The molecule has 0 saturated carbocycles. The van der Waals surface area contributed by atoms with Crippen LogP contribution in [-0.4, -0.2) is 31.2 Å². The minimum Gasteiger partial charge on any atom is -0.508 e. The fraction of sp³-hybridized carbons (Fsp3) is 0.632. The highest BCUT2D eigenvalue weighted by Gasteiger charge is 2.38. The van der Waals surface area contributed by atoms with E-state index < -0.39 is 5.41 Å². The van der Waals surface area contributed by atoms with Gasteiger partial charge in [0.1, 0.15) is 5.75 Å². The van der Waals surface area contributed by atoms with Crippen LogP contribution in [0.2, 0.25) is 0 Å². The molecule has 4 heteroatoms. The van der Waals surface area contributed by atoms with E-state index in [2.05, 4.69) is 31.4 Å². The van der Waals surface area contributed by atoms with Crippen molar-refractivity contribution in [3.63, 3.8) is 0 Å². The average Bonchev–Trinajstić information content (AvgIpc) is 2.51. The molecule has 0 heterocycles. The van der Waals surface area contributed by atoms with Crippen LogP contribution in [0.3, 0.4) is 0 Å². The van der Waals surface area contributed by atoms with Gasteiger partial charge in [0, 0.05) is 23.9 Å². The summed E-state index contributed by atoms with van der Waals surface area (Å²) in [5.41, 5.74) is 0.629. The van der Waals surface area contributed by atoms with Crippen molar-refractivity contribution < 1.29 is 9.90 Å². The molecule has 1 amide bonds. The Kier molecular flexibility index (Phi) is 6.23. The number of phenols is 1. The van der Waals surface area contributed by atoms with Gasteiger partial charge in [-0.3, -0.25) is 4.79 Å². The predicted molar refractivity (Wildman–Crippen MR) is 95.6 cm³/mol. The summed E-state index contributed by atoms with van der Waals surface area (Å²) in [6.45, 7) is 10.5. The Morgan fingerprint density at radius 3 is 2.09 bits per heavy atom. The zero-order chi connectivity index (χ0) is 17.8. The lowest BCUT2D eigenvalue weighted by Crippen LogP contribution is -2.47. The Balaban J connectivity index is 2.99. The Bertz CT molecular complexity index is 521. The third kappa shape index (κ3) is 4.25. The van der Waals surface area contributed by atoms with E-state index in [9.17, 15) is 9.90 Å². The number of carbonyl (C=O) groups excluding carboxylic acids is 1. The fourth-order valence-electron chi connectivity index (χ4n) is 3.06. The summed E-state index contributed by atoms with van der Waals surface area (Å²) in [6, 6.07) is 7.59. The SMILES string of the molecule is CNC(=O)C(C)(C)[C@@H](C)CC(NC)C(C)(C)c1ccc(O)cc1. The van der Waals surface area contributed by atoms with Crippen molar-refractivity contribution in [3.8, 4) is 5.75 Å². The van der Waals surface area contributed by atoms with E-state index >= 15 is 0 Å². The predicted octanol–water partition coefficient (Wildman–Crippen LogP) is 3.06. The number of hydrogen-bond acceptors (Lipinski definition) is 3. The van der Waals surface area contributed by atoms with E-state index in [0.29, 0.717) is 0 Å². The van der Waals surface area contributed by atoms with Crippen molar-refractivity contribution >= 4 is 5.91 Å². The van der Waals surface area contributed by atoms with Crippen molar-refractivity contribution in [1.29, 1.82) is 0 Å². The molecule has 3 N–H and O–H groups in total. The Morgan fingerprint density at radius 2 is 1.65 bits per heavy atom. The first-order valence-electron chi connectivity index (χ1n) is 8.26. The van der Waals surface area contributed by atoms with Crippen molar-refractivity contribution in [3.05, 3.63) is 29.8 Å². The Labute approximate surface area is 140 Å². The molecule has 4 nitrogen and oxygen atoms in total. The molecule has 1 rings (SSSR count). The maximum absolute atomic E-state index is 12.1. The maximum Gasteiger partial charge on any atom is 0.225 e. The number of carbonyl (C=O) groups is 1. The van der Waals surface area contributed by atoms with Gasteiger partial charge in [-0.05, 0) is 37.1 Å². The lowest BCUT2D eigenvalue weighted by Gasteiger charge is -2.39. The summed E-state index contributed by atoms with van der Waals surface area (Å²) < 4.78 is 0. The number of aromatic hydroxyl groups is 1. The summed E-state index contributed by atoms with van der Waals surface area (Å²) in [4.78, 5) is 12.1. The number of amides is 1. The van der Waals surface area contributed by atoms with Crippen LogP contribution in [0, 0.1) is 11.3 Å². The third-order valence-electron chi connectivity index (χ3n) is 5.46. The van der Waals surface area contributed by atoms with Gasteiger partial charge in [-0.2, -0.15) is 0 Å². The van der Waals surface area contributed by atoms with E-state index in [1.54, 1.807) is 19.2 Å². The monoisotopic (exact) mass is 320 g/mol. The zero-order valence-electron chi connectivity index (χ0n) is 15.5. The van der Waals surface area contributed by atoms with E-state index in [-0.39, 0.29) is 29.0 Å². The second-order valence-corrected chi connectivity index (χ2v) is 7.55. The van der Waals surface area contributed by atoms with Crippen LogP contribution in [0.15, 0.2) is 24.3 Å². The molecule has 1 unspecified atom stereocenters. The standard InChI is InChI=1S/C19H32N2O2/c1-13(18(2,3)17(23)21-7)12-16(20-6)19(4,5)14-8-10-15(22)11-9-14/h8-11,13,16,20,22H,12H2,1-7H3,(H,21,23)/t13-,16?/m0/s1. The molecule has 0 fully saturated rings. The summed E-state index contributed by atoms with van der Waals surface area (Å²) in [5.74, 6) is 0.568. The zero-order valence-corrected chi connectivity index (χ0v) is 15.5. The molecule has 0 saturated heterocycles. The van der Waals surface area contributed by atoms with Crippen molar-refractivity contribution in [1.82, 2.24) is 10.6 Å². The highest BCUT2D eigenvalue weighted by molar-refractivity contribution is 5.81. The summed E-state index contributed by atoms with van der Waals surface area (Å²) >= 11 is 0. The third-order valence-corrected chi connectivity index (χ3v) is 5.46. The van der Waals surface area contributed by atoms with Crippen molar-refractivity contribution in [2.45, 2.75) is 52.5 Å². The van der Waals surface area contributed by atoms with Gasteiger partial charge in [-0.15, -0.1) is 0 Å². The summed E-state index contributed by atoms with van der Waals surface area (Å²) in [5, 5.41) is 15.7. The molecular weight excluding hydrogens is 288 g/mol. The first-order valence-corrected chi connectivity index (χ1v) is 8.26. The van der Waals surface area contributed by atoms with Gasteiger partial charge < -0.3 is 15.7 Å². The van der Waals surface area contributed by atoms with Gasteiger partial charge in [0.2, 0.25) is 5.91 Å². The van der Waals surface area contributed by atoms with Gasteiger partial charge in [-0.1, -0.05) is 46.8 Å². The molecule has 2 atom stereocenters. The topological polar surface area (TPSA) is 61.4 Å². The van der Waals surface area contributed by atoms with Gasteiger partial charge >= 0.3 is 0 Å². The normalized spacial score (nSPS) is 15.1. The minimum atomic E-state index is -0.422. The fourth-order valence-corrected chi connectivity index (χ4v) is 3.06. The van der Waals surface area contributed by atoms with Crippen LogP contribution >= 0.6 is 0 Å². The molecule has 130 valence electrons. The molecule has 0 aromatic heterocycles. The van der Waals surface area contributed by atoms with Crippen LogP contribution < -0.4 is 10.6 Å². The van der Waals surface area contributed by atoms with Crippen molar-refractivity contribution in [2.75, 3.05) is 14.1 Å². The molecule has 23 heavy (non-hydrogen) atoms. The molecule has 0 aliphatic heterocycles. The first kappa shape index (κ1) is 19.5. The number of nitrogens with one attached hydrogen (secondary N) is 2. The van der Waals surface area contributed by atoms with E-state index in [1.165, 1.54) is 5.56 Å².